The molecule has 5 rings (SSSR count). The molecule has 1 aromatic rings. The van der Waals surface area contributed by atoms with Gasteiger partial charge in [0.15, 0.2) is 5.54 Å². The van der Waals surface area contributed by atoms with Gasteiger partial charge in [0.2, 0.25) is 11.9 Å². The lowest BCUT2D eigenvalue weighted by molar-refractivity contribution is -0.137. The van der Waals surface area contributed by atoms with Crippen LogP contribution in [0.15, 0.2) is 23.2 Å². The van der Waals surface area contributed by atoms with E-state index in [2.05, 4.69) is 35.4 Å². The number of fused-ring (bicyclic) bond motifs is 3. The minimum Gasteiger partial charge on any atom is -0.381 e. The lowest BCUT2D eigenvalue weighted by Crippen LogP contribution is -2.51. The number of hydrogen-bond donors (Lipinski definition) is 1. The molecule has 0 aromatic heterocycles. The van der Waals surface area contributed by atoms with Gasteiger partial charge in [0.1, 0.15) is 0 Å². The molecule has 1 atom stereocenters. The van der Waals surface area contributed by atoms with Crippen molar-refractivity contribution in [3.05, 3.63) is 34.9 Å². The lowest BCUT2D eigenvalue weighted by Gasteiger charge is -2.45. The van der Waals surface area contributed by atoms with Crippen molar-refractivity contribution >= 4 is 17.8 Å². The molecule has 6 heteroatoms. The molecule has 3 aliphatic carbocycles. The standard InChI is InChI=1S/C25H29N3O3/c1-16(29)26-23-27-25(22(30)28(23)2)21-14-18(7-6-17-4-5-17)8-9-19(21)15-24(25)12-10-20(31-3)11-13-24/h8-9,14,17,20H,4-5,10-13,15H2,1-3H3,(H,26,27,29). The van der Waals surface area contributed by atoms with Gasteiger partial charge in [-0.25, -0.2) is 4.99 Å². The maximum atomic E-state index is 13.9. The van der Waals surface area contributed by atoms with Crippen molar-refractivity contribution in [3.8, 4) is 11.8 Å². The van der Waals surface area contributed by atoms with Crippen LogP contribution in [0.25, 0.3) is 0 Å². The molecule has 1 heterocycles. The van der Waals surface area contributed by atoms with E-state index in [-0.39, 0.29) is 23.3 Å². The number of likely N-dealkylation sites (N-methyl/N-ethyl adjacent to an activating group) is 1. The second-order valence-electron chi connectivity index (χ2n) is 9.50. The highest BCUT2D eigenvalue weighted by Gasteiger charge is 2.66. The van der Waals surface area contributed by atoms with E-state index in [0.717, 1.165) is 43.2 Å². The Balaban J connectivity index is 1.64. The third kappa shape index (κ3) is 3.10. The fourth-order valence-corrected chi connectivity index (χ4v) is 5.67. The molecule has 2 saturated carbocycles. The van der Waals surface area contributed by atoms with Gasteiger partial charge in [0.05, 0.1) is 6.10 Å². The number of aliphatic imine (C=N–C) groups is 1. The fraction of sp³-hybridized carbons (Fsp3) is 0.560. The highest BCUT2D eigenvalue weighted by molar-refractivity contribution is 6.12. The van der Waals surface area contributed by atoms with Crippen molar-refractivity contribution in [2.75, 3.05) is 14.2 Å². The minimum atomic E-state index is -1.01. The average molecular weight is 420 g/mol. The van der Waals surface area contributed by atoms with E-state index in [4.69, 9.17) is 9.73 Å². The molecule has 0 bridgehead atoms. The molecule has 0 radical (unpaired) electrons. The number of guanidine groups is 1. The maximum Gasteiger partial charge on any atom is 0.262 e. The number of rotatable bonds is 1. The van der Waals surface area contributed by atoms with Crippen molar-refractivity contribution in [2.24, 2.45) is 16.3 Å². The number of ether oxygens (including phenoxy) is 1. The number of benzene rings is 1. The van der Waals surface area contributed by atoms with E-state index in [9.17, 15) is 9.59 Å². The summed E-state index contributed by atoms with van der Waals surface area (Å²) in [5.74, 6) is 7.21. The van der Waals surface area contributed by atoms with Gasteiger partial charge < -0.3 is 4.74 Å². The largest absolute Gasteiger partial charge is 0.381 e. The Hall–Kier alpha value is -2.65. The van der Waals surface area contributed by atoms with Crippen LogP contribution in [-0.2, 0) is 26.3 Å². The third-order valence-electron chi connectivity index (χ3n) is 7.51. The number of carbonyl (C=O) groups excluding carboxylic acids is 2. The third-order valence-corrected chi connectivity index (χ3v) is 7.51. The van der Waals surface area contributed by atoms with Crippen LogP contribution in [0.4, 0.5) is 0 Å². The average Bonchev–Trinajstić information content (AvgIpc) is 3.51. The van der Waals surface area contributed by atoms with Gasteiger partial charge in [-0.3, -0.25) is 19.8 Å². The van der Waals surface area contributed by atoms with Crippen LogP contribution in [0, 0.1) is 23.2 Å². The second kappa shape index (κ2) is 7.20. The Kier molecular flexibility index (Phi) is 4.71. The molecule has 162 valence electrons. The molecule has 2 spiro atoms. The van der Waals surface area contributed by atoms with Crippen molar-refractivity contribution in [2.45, 2.75) is 63.5 Å². The highest BCUT2D eigenvalue weighted by Crippen LogP contribution is 2.61. The van der Waals surface area contributed by atoms with Gasteiger partial charge in [-0.05, 0) is 68.2 Å². The normalized spacial score (nSPS) is 31.5. The van der Waals surface area contributed by atoms with Crippen molar-refractivity contribution < 1.29 is 14.3 Å². The Morgan fingerprint density at radius 1 is 1.26 bits per heavy atom. The Morgan fingerprint density at radius 3 is 2.65 bits per heavy atom. The summed E-state index contributed by atoms with van der Waals surface area (Å²) in [6.45, 7) is 1.44. The number of nitrogens with one attached hydrogen (secondary N) is 1. The smallest absolute Gasteiger partial charge is 0.262 e. The molecule has 1 N–H and O–H groups in total. The zero-order valence-electron chi connectivity index (χ0n) is 18.5. The number of amides is 2. The molecule has 2 fully saturated rings. The van der Waals surface area contributed by atoms with E-state index in [1.54, 1.807) is 14.2 Å². The van der Waals surface area contributed by atoms with Crippen molar-refractivity contribution in [3.63, 3.8) is 0 Å². The number of nitrogens with zero attached hydrogens (tertiary/aromatic N) is 2. The van der Waals surface area contributed by atoms with Gasteiger partial charge in [0.25, 0.3) is 5.91 Å². The summed E-state index contributed by atoms with van der Waals surface area (Å²) in [6.07, 6.45) is 6.92. The first-order chi connectivity index (χ1) is 14.9. The summed E-state index contributed by atoms with van der Waals surface area (Å²) in [7, 11) is 3.46. The summed E-state index contributed by atoms with van der Waals surface area (Å²) < 4.78 is 5.62. The Morgan fingerprint density at radius 2 is 2.00 bits per heavy atom. The predicted molar refractivity (Wildman–Crippen MR) is 117 cm³/mol. The topological polar surface area (TPSA) is 71.0 Å². The van der Waals surface area contributed by atoms with Crippen LogP contribution in [0.2, 0.25) is 0 Å². The SMILES string of the molecule is COC1CCC2(CC1)Cc1ccc(C#CC3CC3)cc1C21N=C(NC(C)=O)N(C)C1=O. The summed E-state index contributed by atoms with van der Waals surface area (Å²) in [5, 5.41) is 2.77. The summed E-state index contributed by atoms with van der Waals surface area (Å²) in [6, 6.07) is 6.28. The maximum absolute atomic E-state index is 13.9. The molecule has 31 heavy (non-hydrogen) atoms. The Labute approximate surface area is 183 Å². The lowest BCUT2D eigenvalue weighted by atomic mass is 9.61. The first kappa shape index (κ1) is 20.3. The van der Waals surface area contributed by atoms with E-state index in [1.807, 2.05) is 0 Å². The molecule has 0 saturated heterocycles. The van der Waals surface area contributed by atoms with Crippen LogP contribution in [-0.4, -0.2) is 42.9 Å². The summed E-state index contributed by atoms with van der Waals surface area (Å²) >= 11 is 0. The van der Waals surface area contributed by atoms with Gasteiger partial charge in [0, 0.05) is 38.0 Å². The molecule has 4 aliphatic rings. The van der Waals surface area contributed by atoms with E-state index in [0.29, 0.717) is 11.9 Å². The molecule has 6 nitrogen and oxygen atoms in total. The van der Waals surface area contributed by atoms with Gasteiger partial charge in [-0.1, -0.05) is 17.9 Å². The van der Waals surface area contributed by atoms with Crippen LogP contribution >= 0.6 is 0 Å². The second-order valence-corrected chi connectivity index (χ2v) is 9.50. The number of hydrogen-bond acceptors (Lipinski definition) is 4. The highest BCUT2D eigenvalue weighted by atomic mass is 16.5. The first-order valence-electron chi connectivity index (χ1n) is 11.2. The van der Waals surface area contributed by atoms with E-state index >= 15 is 0 Å². The van der Waals surface area contributed by atoms with Crippen LogP contribution < -0.4 is 5.32 Å². The number of carbonyl (C=O) groups is 2. The minimum absolute atomic E-state index is 0.0573. The zero-order chi connectivity index (χ0) is 21.8. The van der Waals surface area contributed by atoms with E-state index in [1.165, 1.54) is 30.2 Å². The van der Waals surface area contributed by atoms with Gasteiger partial charge in [-0.2, -0.15) is 0 Å². The quantitative estimate of drug-likeness (QED) is 0.712. The van der Waals surface area contributed by atoms with Crippen LogP contribution in [0.1, 0.15) is 62.1 Å². The van der Waals surface area contributed by atoms with Crippen LogP contribution in [0.5, 0.6) is 0 Å². The molecule has 1 aliphatic heterocycles. The molecular weight excluding hydrogens is 390 g/mol. The molecular formula is C25H29N3O3. The zero-order valence-corrected chi connectivity index (χ0v) is 18.5. The van der Waals surface area contributed by atoms with E-state index < -0.39 is 5.54 Å². The molecule has 1 unspecified atom stereocenters. The van der Waals surface area contributed by atoms with Gasteiger partial charge in [-0.15, -0.1) is 0 Å². The molecule has 2 amide bonds. The van der Waals surface area contributed by atoms with Gasteiger partial charge >= 0.3 is 0 Å². The molecule has 1 aromatic carbocycles. The first-order valence-corrected chi connectivity index (χ1v) is 11.2. The summed E-state index contributed by atoms with van der Waals surface area (Å²) in [5.41, 5.74) is 1.75. The number of methoxy groups -OCH3 is 1. The predicted octanol–water partition coefficient (Wildman–Crippen LogP) is 2.74. The van der Waals surface area contributed by atoms with Crippen molar-refractivity contribution in [1.82, 2.24) is 10.2 Å². The monoisotopic (exact) mass is 419 g/mol. The van der Waals surface area contributed by atoms with Crippen molar-refractivity contribution in [1.29, 1.82) is 0 Å². The summed E-state index contributed by atoms with van der Waals surface area (Å²) in [4.78, 5) is 32.2. The fourth-order valence-electron chi connectivity index (χ4n) is 5.67. The van der Waals surface area contributed by atoms with Crippen LogP contribution in [0.3, 0.4) is 0 Å². The Bertz CT molecular complexity index is 1040.